The minimum absolute atomic E-state index is 0.108. The maximum absolute atomic E-state index is 11.6. The Morgan fingerprint density at radius 3 is 3.00 bits per heavy atom. The van der Waals surface area contributed by atoms with Crippen molar-refractivity contribution in [2.45, 2.75) is 6.54 Å². The molecule has 2 N–H and O–H groups in total. The summed E-state index contributed by atoms with van der Waals surface area (Å²) in [5, 5.41) is 10.6. The Balaban J connectivity index is 1.52. The van der Waals surface area contributed by atoms with Gasteiger partial charge in [0.1, 0.15) is 5.01 Å². The zero-order valence-corrected chi connectivity index (χ0v) is 14.1. The lowest BCUT2D eigenvalue weighted by atomic mass is 10.2. The highest BCUT2D eigenvalue weighted by molar-refractivity contribution is 7.09. The quantitative estimate of drug-likeness (QED) is 0.597. The van der Waals surface area contributed by atoms with Gasteiger partial charge in [0, 0.05) is 36.9 Å². The summed E-state index contributed by atoms with van der Waals surface area (Å²) in [5.74, 6) is 0. The van der Waals surface area contributed by atoms with Crippen LogP contribution in [0.4, 0.5) is 5.69 Å². The van der Waals surface area contributed by atoms with Crippen molar-refractivity contribution in [1.82, 2.24) is 24.3 Å². The van der Waals surface area contributed by atoms with Crippen LogP contribution in [0.3, 0.4) is 0 Å². The van der Waals surface area contributed by atoms with Crippen molar-refractivity contribution in [3.63, 3.8) is 0 Å². The molecule has 0 saturated carbocycles. The van der Waals surface area contributed by atoms with Crippen molar-refractivity contribution >= 4 is 28.1 Å². The molecule has 0 aliphatic rings. The number of benzene rings is 1. The standard InChI is InChI=1S/C16H16N6OS/c1-21-8-10(6-18-21)13-9-24-15(19-13)7-17-11-3-4-12-14(5-11)22(2)16(23)20-12/h3-6,8-9,17H,7H2,1-2H3,(H,20,23). The van der Waals surface area contributed by atoms with E-state index in [2.05, 4.69) is 20.4 Å². The Morgan fingerprint density at radius 1 is 1.33 bits per heavy atom. The zero-order chi connectivity index (χ0) is 16.7. The van der Waals surface area contributed by atoms with Crippen LogP contribution in [-0.4, -0.2) is 24.3 Å². The lowest BCUT2D eigenvalue weighted by Crippen LogP contribution is -2.11. The molecule has 0 unspecified atom stereocenters. The zero-order valence-electron chi connectivity index (χ0n) is 13.3. The van der Waals surface area contributed by atoms with E-state index in [-0.39, 0.29) is 5.69 Å². The molecule has 122 valence electrons. The van der Waals surface area contributed by atoms with E-state index in [9.17, 15) is 4.79 Å². The van der Waals surface area contributed by atoms with Crippen LogP contribution < -0.4 is 11.0 Å². The fourth-order valence-corrected chi connectivity index (χ4v) is 3.33. The van der Waals surface area contributed by atoms with Crippen molar-refractivity contribution < 1.29 is 0 Å². The molecule has 1 aromatic carbocycles. The number of thiazole rings is 1. The molecular formula is C16H16N6OS. The maximum atomic E-state index is 11.6. The van der Waals surface area contributed by atoms with Crippen LogP contribution in [-0.2, 0) is 20.6 Å². The monoisotopic (exact) mass is 340 g/mol. The second kappa shape index (κ2) is 5.64. The van der Waals surface area contributed by atoms with Gasteiger partial charge in [0.25, 0.3) is 0 Å². The number of imidazole rings is 1. The van der Waals surface area contributed by atoms with E-state index in [1.54, 1.807) is 27.6 Å². The predicted molar refractivity (Wildman–Crippen MR) is 95.2 cm³/mol. The van der Waals surface area contributed by atoms with E-state index in [0.29, 0.717) is 6.54 Å². The van der Waals surface area contributed by atoms with Gasteiger partial charge >= 0.3 is 5.69 Å². The average molecular weight is 340 g/mol. The van der Waals surface area contributed by atoms with E-state index in [0.717, 1.165) is 33.0 Å². The molecule has 24 heavy (non-hydrogen) atoms. The van der Waals surface area contributed by atoms with Crippen LogP contribution in [0.15, 0.2) is 40.8 Å². The number of nitrogens with one attached hydrogen (secondary N) is 2. The van der Waals surface area contributed by atoms with Crippen molar-refractivity contribution in [2.75, 3.05) is 5.32 Å². The lowest BCUT2D eigenvalue weighted by Gasteiger charge is -2.04. The molecule has 0 radical (unpaired) electrons. The summed E-state index contributed by atoms with van der Waals surface area (Å²) in [7, 11) is 3.65. The summed E-state index contributed by atoms with van der Waals surface area (Å²) in [5.41, 5.74) is 4.51. The first-order chi connectivity index (χ1) is 11.6. The molecule has 3 aromatic heterocycles. The molecule has 0 aliphatic carbocycles. The van der Waals surface area contributed by atoms with Gasteiger partial charge in [-0.1, -0.05) is 0 Å². The summed E-state index contributed by atoms with van der Waals surface area (Å²) in [4.78, 5) is 19.1. The molecule has 3 heterocycles. The van der Waals surface area contributed by atoms with E-state index in [1.807, 2.05) is 43.0 Å². The van der Waals surface area contributed by atoms with E-state index >= 15 is 0 Å². The number of anilines is 1. The number of nitrogens with zero attached hydrogens (tertiary/aromatic N) is 4. The van der Waals surface area contributed by atoms with Gasteiger partial charge in [-0.05, 0) is 18.2 Å². The first-order valence-electron chi connectivity index (χ1n) is 7.46. The Kier molecular flexibility index (Phi) is 3.46. The average Bonchev–Trinajstić information content (AvgIpc) is 3.27. The smallest absolute Gasteiger partial charge is 0.326 e. The molecule has 7 nitrogen and oxygen atoms in total. The van der Waals surface area contributed by atoms with Gasteiger partial charge in [-0.25, -0.2) is 9.78 Å². The number of hydrogen-bond acceptors (Lipinski definition) is 5. The number of aryl methyl sites for hydroxylation is 2. The molecule has 0 amide bonds. The molecule has 4 rings (SSSR count). The topological polar surface area (TPSA) is 80.5 Å². The predicted octanol–water partition coefficient (Wildman–Crippen LogP) is 2.34. The third kappa shape index (κ3) is 2.61. The maximum Gasteiger partial charge on any atom is 0.326 e. The molecule has 0 spiro atoms. The molecule has 4 aromatic rings. The highest BCUT2D eigenvalue weighted by atomic mass is 32.1. The van der Waals surface area contributed by atoms with Gasteiger partial charge in [0.2, 0.25) is 0 Å². The van der Waals surface area contributed by atoms with Crippen molar-refractivity contribution in [3.05, 3.63) is 51.5 Å². The first-order valence-corrected chi connectivity index (χ1v) is 8.34. The van der Waals surface area contributed by atoms with Gasteiger partial charge in [0.05, 0.1) is 29.5 Å². The number of hydrogen-bond donors (Lipinski definition) is 2. The van der Waals surface area contributed by atoms with Gasteiger partial charge in [-0.15, -0.1) is 11.3 Å². The summed E-state index contributed by atoms with van der Waals surface area (Å²) in [6, 6.07) is 5.82. The Hall–Kier alpha value is -2.87. The fourth-order valence-electron chi connectivity index (χ4n) is 2.59. The molecule has 0 saturated heterocycles. The lowest BCUT2D eigenvalue weighted by molar-refractivity contribution is 0.768. The van der Waals surface area contributed by atoms with Crippen LogP contribution in [0.25, 0.3) is 22.3 Å². The highest BCUT2D eigenvalue weighted by Crippen LogP contribution is 2.22. The minimum atomic E-state index is -0.108. The Labute approximate surface area is 141 Å². The highest BCUT2D eigenvalue weighted by Gasteiger charge is 2.07. The van der Waals surface area contributed by atoms with Crippen LogP contribution >= 0.6 is 11.3 Å². The molecule has 0 bridgehead atoms. The second-order valence-electron chi connectivity index (χ2n) is 5.60. The van der Waals surface area contributed by atoms with E-state index < -0.39 is 0 Å². The summed E-state index contributed by atoms with van der Waals surface area (Å²) < 4.78 is 3.37. The van der Waals surface area contributed by atoms with Gasteiger partial charge in [-0.2, -0.15) is 5.10 Å². The summed E-state index contributed by atoms with van der Waals surface area (Å²) >= 11 is 1.61. The van der Waals surface area contributed by atoms with Gasteiger partial charge in [-0.3, -0.25) is 9.25 Å². The Bertz CT molecular complexity index is 1070. The molecule has 0 fully saturated rings. The minimum Gasteiger partial charge on any atom is -0.378 e. The SMILES string of the molecule is Cn1cc(-c2csc(CNc3ccc4[nH]c(=O)n(C)c4c3)n2)cn1. The summed E-state index contributed by atoms with van der Waals surface area (Å²) in [6.45, 7) is 0.634. The van der Waals surface area contributed by atoms with Crippen molar-refractivity contribution in [2.24, 2.45) is 14.1 Å². The fraction of sp³-hybridized carbons (Fsp3) is 0.188. The first kappa shape index (κ1) is 14.7. The third-order valence-electron chi connectivity index (χ3n) is 3.90. The molecule has 0 atom stereocenters. The number of H-pyrrole nitrogens is 1. The molecule has 8 heteroatoms. The van der Waals surface area contributed by atoms with Crippen LogP contribution in [0, 0.1) is 0 Å². The number of fused-ring (bicyclic) bond motifs is 1. The van der Waals surface area contributed by atoms with Crippen molar-refractivity contribution in [1.29, 1.82) is 0 Å². The molecular weight excluding hydrogens is 324 g/mol. The van der Waals surface area contributed by atoms with Crippen LogP contribution in [0.2, 0.25) is 0 Å². The molecule has 0 aliphatic heterocycles. The van der Waals surface area contributed by atoms with Gasteiger partial charge < -0.3 is 10.3 Å². The van der Waals surface area contributed by atoms with Crippen LogP contribution in [0.5, 0.6) is 0 Å². The largest absolute Gasteiger partial charge is 0.378 e. The van der Waals surface area contributed by atoms with Crippen LogP contribution in [0.1, 0.15) is 5.01 Å². The summed E-state index contributed by atoms with van der Waals surface area (Å²) in [6.07, 6.45) is 3.76. The Morgan fingerprint density at radius 2 is 2.21 bits per heavy atom. The van der Waals surface area contributed by atoms with E-state index in [1.165, 1.54) is 0 Å². The normalized spacial score (nSPS) is 11.2. The number of rotatable bonds is 4. The number of aromatic amines is 1. The second-order valence-corrected chi connectivity index (χ2v) is 6.55. The van der Waals surface area contributed by atoms with Crippen molar-refractivity contribution in [3.8, 4) is 11.3 Å². The van der Waals surface area contributed by atoms with Gasteiger partial charge in [0.15, 0.2) is 0 Å². The third-order valence-corrected chi connectivity index (χ3v) is 4.75. The van der Waals surface area contributed by atoms with E-state index in [4.69, 9.17) is 0 Å². The number of aromatic nitrogens is 5.